The average Bonchev–Trinajstić information content (AvgIpc) is 1.82. The molecule has 1 heterocycles. The van der Waals surface area contributed by atoms with Gasteiger partial charge in [0.1, 0.15) is 0 Å². The van der Waals surface area contributed by atoms with Crippen LogP contribution >= 0.6 is 0 Å². The fourth-order valence-electron chi connectivity index (χ4n) is 1.12. The second-order valence-electron chi connectivity index (χ2n) is 2.94. The van der Waals surface area contributed by atoms with Crippen LogP contribution in [-0.4, -0.2) is 39.6 Å². The molecular formula is C6H13NO4S. The lowest BCUT2D eigenvalue weighted by molar-refractivity contribution is -0.121. The third kappa shape index (κ3) is 3.48. The smallest absolute Gasteiger partial charge is 0.211 e. The van der Waals surface area contributed by atoms with Crippen molar-refractivity contribution in [1.29, 1.82) is 0 Å². The number of nitrogens with two attached hydrogens (primary N) is 1. The van der Waals surface area contributed by atoms with Crippen molar-refractivity contribution in [3.63, 3.8) is 0 Å². The highest BCUT2D eigenvalue weighted by molar-refractivity contribution is 7.89. The highest BCUT2D eigenvalue weighted by atomic mass is 32.2. The first-order chi connectivity index (χ1) is 5.47. The molecule has 1 aliphatic rings. The van der Waals surface area contributed by atoms with Crippen molar-refractivity contribution >= 4 is 10.0 Å². The minimum Gasteiger partial charge on any atom is -0.376 e. The summed E-state index contributed by atoms with van der Waals surface area (Å²) in [5.41, 5.74) is 0. The predicted octanol–water partition coefficient (Wildman–Crippen LogP) is -0.921. The molecule has 0 amide bonds. The first kappa shape index (κ1) is 9.91. The fourth-order valence-corrected chi connectivity index (χ4v) is 1.81. The maximum Gasteiger partial charge on any atom is 0.211 e. The lowest BCUT2D eigenvalue weighted by Gasteiger charge is -2.27. The molecule has 0 bridgehead atoms. The maximum atomic E-state index is 10.6. The predicted molar refractivity (Wildman–Crippen MR) is 43.1 cm³/mol. The van der Waals surface area contributed by atoms with Gasteiger partial charge < -0.3 is 9.47 Å². The third-order valence-corrected chi connectivity index (χ3v) is 2.34. The zero-order chi connectivity index (χ0) is 9.19. The summed E-state index contributed by atoms with van der Waals surface area (Å²) < 4.78 is 31.7. The third-order valence-electron chi connectivity index (χ3n) is 1.50. The van der Waals surface area contributed by atoms with Crippen LogP contribution in [0.25, 0.3) is 0 Å². The van der Waals surface area contributed by atoms with E-state index in [-0.39, 0.29) is 11.9 Å². The van der Waals surface area contributed by atoms with Crippen LogP contribution in [0.2, 0.25) is 0 Å². The monoisotopic (exact) mass is 195 g/mol. The standard InChI is InChI=1S/C6H13NO4S/c1-5-2-10-3-6(11-5)4-12(7,8)9/h5-6H,2-4H2,1H3,(H2,7,8,9). The van der Waals surface area contributed by atoms with Gasteiger partial charge in [-0.05, 0) is 6.92 Å². The van der Waals surface area contributed by atoms with Crippen LogP contribution in [0, 0.1) is 0 Å². The molecule has 1 fully saturated rings. The van der Waals surface area contributed by atoms with Crippen LogP contribution in [0.5, 0.6) is 0 Å². The summed E-state index contributed by atoms with van der Waals surface area (Å²) in [6.07, 6.45) is -0.464. The summed E-state index contributed by atoms with van der Waals surface area (Å²) in [7, 11) is -3.45. The number of rotatable bonds is 2. The fraction of sp³-hybridized carbons (Fsp3) is 1.00. The molecule has 1 aliphatic heterocycles. The van der Waals surface area contributed by atoms with Gasteiger partial charge in [0.05, 0.1) is 31.2 Å². The van der Waals surface area contributed by atoms with Gasteiger partial charge in [0.2, 0.25) is 10.0 Å². The normalized spacial score (nSPS) is 31.8. The molecule has 6 heteroatoms. The quantitative estimate of drug-likeness (QED) is 0.618. The van der Waals surface area contributed by atoms with E-state index in [1.165, 1.54) is 0 Å². The number of primary sulfonamides is 1. The van der Waals surface area contributed by atoms with Crippen molar-refractivity contribution in [2.24, 2.45) is 5.14 Å². The number of sulfonamides is 1. The Morgan fingerprint density at radius 1 is 1.50 bits per heavy atom. The Balaban J connectivity index is 2.43. The van der Waals surface area contributed by atoms with E-state index in [9.17, 15) is 8.42 Å². The molecule has 2 unspecified atom stereocenters. The Morgan fingerprint density at radius 2 is 2.17 bits per heavy atom. The Labute approximate surface area is 71.9 Å². The second kappa shape index (κ2) is 3.69. The Kier molecular flexibility index (Phi) is 3.05. The molecule has 1 rings (SSSR count). The maximum absolute atomic E-state index is 10.6. The summed E-state index contributed by atoms with van der Waals surface area (Å²) in [6, 6.07) is 0. The van der Waals surface area contributed by atoms with Gasteiger partial charge in [-0.3, -0.25) is 0 Å². The molecule has 5 nitrogen and oxygen atoms in total. The molecule has 2 atom stereocenters. The van der Waals surface area contributed by atoms with Crippen LogP contribution < -0.4 is 5.14 Å². The van der Waals surface area contributed by atoms with Gasteiger partial charge in [-0.1, -0.05) is 0 Å². The van der Waals surface area contributed by atoms with Crippen molar-refractivity contribution in [3.05, 3.63) is 0 Å². The summed E-state index contributed by atoms with van der Waals surface area (Å²) in [6.45, 7) is 2.65. The molecule has 0 aromatic heterocycles. The van der Waals surface area contributed by atoms with Crippen LogP contribution in [0.3, 0.4) is 0 Å². The molecule has 72 valence electrons. The number of hydrogen-bond acceptors (Lipinski definition) is 4. The molecule has 0 aromatic carbocycles. The highest BCUT2D eigenvalue weighted by Crippen LogP contribution is 2.08. The molecule has 0 aromatic rings. The minimum absolute atomic E-state index is 0.0505. The first-order valence-electron chi connectivity index (χ1n) is 3.71. The van der Waals surface area contributed by atoms with E-state index in [0.29, 0.717) is 13.2 Å². The number of hydrogen-bond donors (Lipinski definition) is 1. The molecule has 2 N–H and O–H groups in total. The molecule has 0 radical (unpaired) electrons. The van der Waals surface area contributed by atoms with Crippen LogP contribution in [0.4, 0.5) is 0 Å². The SMILES string of the molecule is CC1COCC(CS(N)(=O)=O)O1. The lowest BCUT2D eigenvalue weighted by Crippen LogP contribution is -2.40. The van der Waals surface area contributed by atoms with E-state index >= 15 is 0 Å². The van der Waals surface area contributed by atoms with Crippen LogP contribution in [0.15, 0.2) is 0 Å². The van der Waals surface area contributed by atoms with Crippen LogP contribution in [0.1, 0.15) is 6.92 Å². The topological polar surface area (TPSA) is 78.6 Å². The molecular weight excluding hydrogens is 182 g/mol. The molecule has 0 spiro atoms. The van der Waals surface area contributed by atoms with Crippen molar-refractivity contribution in [2.75, 3.05) is 19.0 Å². The van der Waals surface area contributed by atoms with E-state index < -0.39 is 16.1 Å². The molecule has 1 saturated heterocycles. The van der Waals surface area contributed by atoms with Crippen molar-refractivity contribution in [2.45, 2.75) is 19.1 Å². The van der Waals surface area contributed by atoms with Gasteiger partial charge in [-0.15, -0.1) is 0 Å². The molecule has 12 heavy (non-hydrogen) atoms. The van der Waals surface area contributed by atoms with Gasteiger partial charge in [-0.2, -0.15) is 0 Å². The zero-order valence-electron chi connectivity index (χ0n) is 6.89. The van der Waals surface area contributed by atoms with Gasteiger partial charge in [-0.25, -0.2) is 13.6 Å². The van der Waals surface area contributed by atoms with E-state index in [2.05, 4.69) is 0 Å². The molecule has 0 aliphatic carbocycles. The highest BCUT2D eigenvalue weighted by Gasteiger charge is 2.23. The largest absolute Gasteiger partial charge is 0.376 e. The van der Waals surface area contributed by atoms with Gasteiger partial charge in [0.15, 0.2) is 0 Å². The van der Waals surface area contributed by atoms with Gasteiger partial charge in [0, 0.05) is 0 Å². The first-order valence-corrected chi connectivity index (χ1v) is 5.42. The second-order valence-corrected chi connectivity index (χ2v) is 4.59. The van der Waals surface area contributed by atoms with E-state index in [1.807, 2.05) is 6.92 Å². The van der Waals surface area contributed by atoms with E-state index in [0.717, 1.165) is 0 Å². The number of ether oxygens (including phenoxy) is 2. The summed E-state index contributed by atoms with van der Waals surface area (Å²) in [5.74, 6) is -0.169. The van der Waals surface area contributed by atoms with E-state index in [4.69, 9.17) is 14.6 Å². The Morgan fingerprint density at radius 3 is 2.67 bits per heavy atom. The van der Waals surface area contributed by atoms with Crippen molar-refractivity contribution in [1.82, 2.24) is 0 Å². The Bertz CT molecular complexity index is 238. The lowest BCUT2D eigenvalue weighted by atomic mass is 10.3. The van der Waals surface area contributed by atoms with E-state index in [1.54, 1.807) is 0 Å². The minimum atomic E-state index is -3.45. The summed E-state index contributed by atoms with van der Waals surface area (Å²) in [5, 5.41) is 4.85. The van der Waals surface area contributed by atoms with Gasteiger partial charge >= 0.3 is 0 Å². The Hall–Kier alpha value is -0.170. The summed E-state index contributed by atoms with van der Waals surface area (Å²) in [4.78, 5) is 0. The molecule has 0 saturated carbocycles. The average molecular weight is 195 g/mol. The summed E-state index contributed by atoms with van der Waals surface area (Å²) >= 11 is 0. The van der Waals surface area contributed by atoms with Crippen molar-refractivity contribution in [3.8, 4) is 0 Å². The van der Waals surface area contributed by atoms with Crippen LogP contribution in [-0.2, 0) is 19.5 Å². The zero-order valence-corrected chi connectivity index (χ0v) is 7.71. The van der Waals surface area contributed by atoms with Crippen molar-refractivity contribution < 1.29 is 17.9 Å². The van der Waals surface area contributed by atoms with Gasteiger partial charge in [0.25, 0.3) is 0 Å².